The fourth-order valence-corrected chi connectivity index (χ4v) is 4.39. The fourth-order valence-electron chi connectivity index (χ4n) is 3.87. The van der Waals surface area contributed by atoms with Gasteiger partial charge in [0.2, 0.25) is 0 Å². The average molecular weight is 493 g/mol. The third-order valence-electron chi connectivity index (χ3n) is 5.84. The highest BCUT2D eigenvalue weighted by Crippen LogP contribution is 2.26. The van der Waals surface area contributed by atoms with E-state index in [4.69, 9.17) is 28.5 Å². The normalized spacial score (nSPS) is 13.7. The minimum absolute atomic E-state index is 0.152. The van der Waals surface area contributed by atoms with Crippen molar-refractivity contribution in [1.29, 1.82) is 5.26 Å². The predicted molar refractivity (Wildman–Crippen MR) is 138 cm³/mol. The first-order valence-electron chi connectivity index (χ1n) is 11.3. The Bertz CT molecular complexity index is 1170. The van der Waals surface area contributed by atoms with E-state index < -0.39 is 0 Å². The van der Waals surface area contributed by atoms with Gasteiger partial charge in [-0.25, -0.2) is 4.79 Å². The van der Waals surface area contributed by atoms with E-state index in [9.17, 15) is 4.79 Å². The SMILES string of the molecule is N#Cc1cccc(-c2ccc(C(CCNC3CC3)CNC(=O)Nc3cc(Cl)cc(Cl)c3)cc2)c1. The standard InChI is InChI=1S/C27H26Cl2N4O/c28-23-13-24(29)15-26(14-23)33-27(34)32-17-22(10-11-31-25-8-9-25)20-6-4-19(5-7-20)21-3-1-2-18(12-21)16-30/h1-7,12-15,22,25,31H,8-11,17H2,(H2,32,33,34). The number of halogens is 2. The van der Waals surface area contributed by atoms with E-state index in [2.05, 4.69) is 46.3 Å². The molecule has 4 rings (SSSR count). The summed E-state index contributed by atoms with van der Waals surface area (Å²) in [5.74, 6) is 0.152. The molecule has 3 aromatic carbocycles. The van der Waals surface area contributed by atoms with Gasteiger partial charge in [0.05, 0.1) is 11.6 Å². The summed E-state index contributed by atoms with van der Waals surface area (Å²) < 4.78 is 0. The monoisotopic (exact) mass is 492 g/mol. The molecular formula is C27H26Cl2N4O. The van der Waals surface area contributed by atoms with Crippen LogP contribution in [0, 0.1) is 11.3 Å². The molecule has 0 aliphatic heterocycles. The lowest BCUT2D eigenvalue weighted by Crippen LogP contribution is -2.33. The number of nitrogens with zero attached hydrogens (tertiary/aromatic N) is 1. The van der Waals surface area contributed by atoms with Crippen molar-refractivity contribution in [2.45, 2.75) is 31.2 Å². The minimum atomic E-state index is -0.302. The molecule has 1 unspecified atom stereocenters. The summed E-state index contributed by atoms with van der Waals surface area (Å²) >= 11 is 12.0. The summed E-state index contributed by atoms with van der Waals surface area (Å²) in [4.78, 5) is 12.5. The maximum atomic E-state index is 12.5. The summed E-state index contributed by atoms with van der Waals surface area (Å²) in [6.07, 6.45) is 3.39. The molecule has 0 aromatic heterocycles. The molecule has 1 fully saturated rings. The highest BCUT2D eigenvalue weighted by Gasteiger charge is 2.21. The van der Waals surface area contributed by atoms with Gasteiger partial charge in [0.1, 0.15) is 0 Å². The van der Waals surface area contributed by atoms with Gasteiger partial charge in [0.25, 0.3) is 0 Å². The van der Waals surface area contributed by atoms with Gasteiger partial charge in [-0.3, -0.25) is 0 Å². The van der Waals surface area contributed by atoms with Crippen LogP contribution in [0.25, 0.3) is 11.1 Å². The van der Waals surface area contributed by atoms with E-state index in [1.165, 1.54) is 12.8 Å². The lowest BCUT2D eigenvalue weighted by molar-refractivity contribution is 0.251. The average Bonchev–Trinajstić information content (AvgIpc) is 3.65. The predicted octanol–water partition coefficient (Wildman–Crippen LogP) is 6.58. The smallest absolute Gasteiger partial charge is 0.319 e. The number of hydrogen-bond acceptors (Lipinski definition) is 3. The number of urea groups is 1. The Kier molecular flexibility index (Phi) is 8.08. The van der Waals surface area contributed by atoms with Crippen LogP contribution in [0.4, 0.5) is 10.5 Å². The van der Waals surface area contributed by atoms with Gasteiger partial charge in [0.15, 0.2) is 0 Å². The number of carbonyl (C=O) groups excluding carboxylic acids is 1. The van der Waals surface area contributed by atoms with Crippen LogP contribution in [0.1, 0.15) is 36.3 Å². The van der Waals surface area contributed by atoms with Crippen molar-refractivity contribution < 1.29 is 4.79 Å². The molecule has 1 saturated carbocycles. The Labute approximate surface area is 210 Å². The molecule has 1 aliphatic rings. The van der Waals surface area contributed by atoms with Gasteiger partial charge in [-0.2, -0.15) is 5.26 Å². The fraction of sp³-hybridized carbons (Fsp3) is 0.259. The Morgan fingerprint density at radius 3 is 2.41 bits per heavy atom. The first kappa shape index (κ1) is 24.1. The summed E-state index contributed by atoms with van der Waals surface area (Å²) in [6, 6.07) is 23.4. The second-order valence-corrected chi connectivity index (χ2v) is 9.39. The number of amides is 2. The maximum Gasteiger partial charge on any atom is 0.319 e. The Hall–Kier alpha value is -3.04. The highest BCUT2D eigenvalue weighted by atomic mass is 35.5. The Morgan fingerprint density at radius 1 is 1.00 bits per heavy atom. The van der Waals surface area contributed by atoms with Crippen molar-refractivity contribution in [3.8, 4) is 17.2 Å². The number of carbonyl (C=O) groups is 1. The maximum absolute atomic E-state index is 12.5. The van der Waals surface area contributed by atoms with Crippen LogP contribution in [0.3, 0.4) is 0 Å². The Balaban J connectivity index is 1.42. The zero-order valence-corrected chi connectivity index (χ0v) is 20.2. The number of hydrogen-bond donors (Lipinski definition) is 3. The van der Waals surface area contributed by atoms with Crippen molar-refractivity contribution in [3.63, 3.8) is 0 Å². The summed E-state index contributed by atoms with van der Waals surface area (Å²) in [5.41, 5.74) is 4.41. The van der Waals surface area contributed by atoms with Gasteiger partial charge in [-0.15, -0.1) is 0 Å². The van der Waals surface area contributed by atoms with Crippen molar-refractivity contribution in [2.75, 3.05) is 18.4 Å². The molecule has 1 aliphatic carbocycles. The lowest BCUT2D eigenvalue weighted by atomic mass is 9.93. The molecular weight excluding hydrogens is 467 g/mol. The quantitative estimate of drug-likeness (QED) is 0.315. The van der Waals surface area contributed by atoms with E-state index in [1.54, 1.807) is 24.3 Å². The molecule has 0 radical (unpaired) electrons. The minimum Gasteiger partial charge on any atom is -0.337 e. The van der Waals surface area contributed by atoms with E-state index in [-0.39, 0.29) is 11.9 Å². The van der Waals surface area contributed by atoms with Gasteiger partial charge < -0.3 is 16.0 Å². The third kappa shape index (κ3) is 6.98. The largest absolute Gasteiger partial charge is 0.337 e. The van der Waals surface area contributed by atoms with Crippen molar-refractivity contribution in [1.82, 2.24) is 10.6 Å². The number of benzene rings is 3. The second-order valence-electron chi connectivity index (χ2n) is 8.52. The molecule has 0 bridgehead atoms. The Morgan fingerprint density at radius 2 is 1.74 bits per heavy atom. The van der Waals surface area contributed by atoms with E-state index in [0.29, 0.717) is 33.9 Å². The zero-order valence-electron chi connectivity index (χ0n) is 18.7. The summed E-state index contributed by atoms with van der Waals surface area (Å²) in [5, 5.41) is 19.4. The summed E-state index contributed by atoms with van der Waals surface area (Å²) in [6.45, 7) is 1.39. The van der Waals surface area contributed by atoms with Crippen LogP contribution in [-0.2, 0) is 0 Å². The first-order valence-corrected chi connectivity index (χ1v) is 12.1. The molecule has 174 valence electrons. The molecule has 0 heterocycles. The number of anilines is 1. The van der Waals surface area contributed by atoms with Gasteiger partial charge in [-0.05, 0) is 72.8 Å². The first-order chi connectivity index (χ1) is 16.5. The van der Waals surface area contributed by atoms with E-state index in [1.807, 2.05) is 18.2 Å². The zero-order chi connectivity index (χ0) is 23.9. The van der Waals surface area contributed by atoms with Crippen LogP contribution in [0.15, 0.2) is 66.7 Å². The summed E-state index contributed by atoms with van der Waals surface area (Å²) in [7, 11) is 0. The van der Waals surface area contributed by atoms with Crippen LogP contribution in [-0.4, -0.2) is 25.2 Å². The number of nitriles is 1. The number of rotatable bonds is 9. The molecule has 34 heavy (non-hydrogen) atoms. The molecule has 3 N–H and O–H groups in total. The molecule has 3 aromatic rings. The highest BCUT2D eigenvalue weighted by molar-refractivity contribution is 6.35. The van der Waals surface area contributed by atoms with E-state index in [0.717, 1.165) is 29.7 Å². The topological polar surface area (TPSA) is 77.0 Å². The van der Waals surface area contributed by atoms with Crippen LogP contribution in [0.2, 0.25) is 10.0 Å². The van der Waals surface area contributed by atoms with Crippen LogP contribution >= 0.6 is 23.2 Å². The van der Waals surface area contributed by atoms with Crippen LogP contribution < -0.4 is 16.0 Å². The van der Waals surface area contributed by atoms with E-state index >= 15 is 0 Å². The molecule has 7 heteroatoms. The van der Waals surface area contributed by atoms with Crippen molar-refractivity contribution >= 4 is 34.9 Å². The van der Waals surface area contributed by atoms with Crippen molar-refractivity contribution in [2.24, 2.45) is 0 Å². The lowest BCUT2D eigenvalue weighted by Gasteiger charge is -2.19. The molecule has 1 atom stereocenters. The molecule has 2 amide bonds. The van der Waals surface area contributed by atoms with Crippen molar-refractivity contribution in [3.05, 3.63) is 87.9 Å². The molecule has 5 nitrogen and oxygen atoms in total. The second kappa shape index (κ2) is 11.4. The van der Waals surface area contributed by atoms with Gasteiger partial charge in [-0.1, -0.05) is 59.6 Å². The third-order valence-corrected chi connectivity index (χ3v) is 6.28. The molecule has 0 saturated heterocycles. The molecule has 0 spiro atoms. The van der Waals surface area contributed by atoms with Crippen LogP contribution in [0.5, 0.6) is 0 Å². The van der Waals surface area contributed by atoms with Gasteiger partial charge in [0, 0.05) is 34.2 Å². The number of nitrogens with one attached hydrogen (secondary N) is 3. The van der Waals surface area contributed by atoms with Gasteiger partial charge >= 0.3 is 6.03 Å².